The van der Waals surface area contributed by atoms with Crippen LogP contribution in [-0.4, -0.2) is 13.4 Å². The van der Waals surface area contributed by atoms with Crippen molar-refractivity contribution in [3.05, 3.63) is 83.5 Å². The van der Waals surface area contributed by atoms with Gasteiger partial charge in [0.05, 0.1) is 7.11 Å². The Kier molecular flexibility index (Phi) is 8.41. The van der Waals surface area contributed by atoms with Crippen molar-refractivity contribution in [2.75, 3.05) is 13.4 Å². The van der Waals surface area contributed by atoms with Crippen molar-refractivity contribution in [3.8, 4) is 5.75 Å². The van der Waals surface area contributed by atoms with E-state index >= 15 is 0 Å². The molecule has 0 unspecified atom stereocenters. The maximum absolute atomic E-state index is 5.33. The Morgan fingerprint density at radius 2 is 1.72 bits per heavy atom. The Bertz CT molecular complexity index is 716. The van der Waals surface area contributed by atoms with Gasteiger partial charge in [-0.15, -0.1) is 11.8 Å². The first-order chi connectivity index (χ1) is 12.3. The maximum Gasteiger partial charge on any atom is 0.119 e. The number of rotatable bonds is 9. The van der Waals surface area contributed by atoms with Crippen LogP contribution in [0.25, 0.3) is 0 Å². The van der Waals surface area contributed by atoms with Crippen LogP contribution in [-0.2, 0) is 19.3 Å². The van der Waals surface area contributed by atoms with Crippen LogP contribution in [0.3, 0.4) is 0 Å². The van der Waals surface area contributed by atoms with Crippen molar-refractivity contribution in [2.45, 2.75) is 37.5 Å². The van der Waals surface area contributed by atoms with Gasteiger partial charge in [0.1, 0.15) is 5.75 Å². The van der Waals surface area contributed by atoms with Crippen molar-refractivity contribution in [3.63, 3.8) is 0 Å². The number of hydrogen-bond donors (Lipinski definition) is 0. The molecule has 0 amide bonds. The lowest BCUT2D eigenvalue weighted by Gasteiger charge is -2.11. The third kappa shape index (κ3) is 6.13. The molecule has 0 aliphatic rings. The molecular weight excluding hydrogens is 324 g/mol. The normalized spacial score (nSPS) is 11.5. The van der Waals surface area contributed by atoms with Gasteiger partial charge in [-0.1, -0.05) is 54.6 Å². The van der Waals surface area contributed by atoms with Gasteiger partial charge in [-0.05, 0) is 67.7 Å². The smallest absolute Gasteiger partial charge is 0.119 e. The molecule has 0 fully saturated rings. The van der Waals surface area contributed by atoms with E-state index in [-0.39, 0.29) is 0 Å². The molecule has 0 N–H and O–H groups in total. The molecule has 0 heterocycles. The summed E-state index contributed by atoms with van der Waals surface area (Å²) in [5.74, 6) is 0.936. The number of methoxy groups -OCH3 is 1. The molecule has 2 aromatic carbocycles. The Hall–Kier alpha value is -1.93. The van der Waals surface area contributed by atoms with E-state index in [1.807, 2.05) is 6.92 Å². The van der Waals surface area contributed by atoms with Crippen molar-refractivity contribution < 1.29 is 4.74 Å². The standard InChI is InChI=1S/C23H28OS/c1-4-5-6-7-11-19-12-8-9-13-20(19)14-10-15-21-16-17-22(24-2)18-23(21)25-3/h4-9,12-13,16-18H,10-11,14-15H2,1-3H3/b5-4-,7-6-. The zero-order valence-electron chi connectivity index (χ0n) is 15.5. The minimum atomic E-state index is 0.936. The van der Waals surface area contributed by atoms with Crippen molar-refractivity contribution >= 4 is 11.8 Å². The number of benzene rings is 2. The van der Waals surface area contributed by atoms with Crippen molar-refractivity contribution in [1.82, 2.24) is 0 Å². The van der Waals surface area contributed by atoms with Crippen molar-refractivity contribution in [2.24, 2.45) is 0 Å². The van der Waals surface area contributed by atoms with Crippen LogP contribution >= 0.6 is 11.8 Å². The topological polar surface area (TPSA) is 9.23 Å². The highest BCUT2D eigenvalue weighted by Gasteiger charge is 2.05. The van der Waals surface area contributed by atoms with Crippen LogP contribution < -0.4 is 4.74 Å². The molecule has 1 nitrogen and oxygen atoms in total. The molecule has 2 heteroatoms. The molecule has 2 aromatic rings. The third-order valence-electron chi connectivity index (χ3n) is 4.28. The number of hydrogen-bond acceptors (Lipinski definition) is 2. The molecule has 0 aromatic heterocycles. The lowest BCUT2D eigenvalue weighted by molar-refractivity contribution is 0.413. The summed E-state index contributed by atoms with van der Waals surface area (Å²) >= 11 is 1.79. The Balaban J connectivity index is 1.98. The van der Waals surface area contributed by atoms with E-state index in [2.05, 4.69) is 73.0 Å². The molecule has 0 saturated heterocycles. The lowest BCUT2D eigenvalue weighted by Crippen LogP contribution is -1.96. The van der Waals surface area contributed by atoms with Crippen LogP contribution in [0.4, 0.5) is 0 Å². The Morgan fingerprint density at radius 3 is 2.44 bits per heavy atom. The molecule has 0 bridgehead atoms. The predicted molar refractivity (Wildman–Crippen MR) is 111 cm³/mol. The van der Waals surface area contributed by atoms with E-state index in [1.54, 1.807) is 18.9 Å². The third-order valence-corrected chi connectivity index (χ3v) is 5.10. The molecule has 0 atom stereocenters. The average molecular weight is 353 g/mol. The van der Waals surface area contributed by atoms with Crippen LogP contribution in [0.2, 0.25) is 0 Å². The first-order valence-corrected chi connectivity index (χ1v) is 10.1. The van der Waals surface area contributed by atoms with E-state index in [0.29, 0.717) is 0 Å². The number of aryl methyl sites for hydroxylation is 2. The van der Waals surface area contributed by atoms with E-state index < -0.39 is 0 Å². The summed E-state index contributed by atoms with van der Waals surface area (Å²) < 4.78 is 5.33. The first-order valence-electron chi connectivity index (χ1n) is 8.84. The summed E-state index contributed by atoms with van der Waals surface area (Å²) in [5.41, 5.74) is 4.31. The zero-order chi connectivity index (χ0) is 17.9. The fourth-order valence-corrected chi connectivity index (χ4v) is 3.58. The average Bonchev–Trinajstić information content (AvgIpc) is 2.66. The second-order valence-electron chi connectivity index (χ2n) is 5.96. The summed E-state index contributed by atoms with van der Waals surface area (Å²) in [6.07, 6.45) is 15.0. The molecule has 0 spiro atoms. The highest BCUT2D eigenvalue weighted by molar-refractivity contribution is 7.98. The number of allylic oxidation sites excluding steroid dienone is 4. The molecule has 25 heavy (non-hydrogen) atoms. The summed E-state index contributed by atoms with van der Waals surface area (Å²) in [4.78, 5) is 1.32. The maximum atomic E-state index is 5.33. The molecule has 0 saturated carbocycles. The van der Waals surface area contributed by atoms with E-state index in [9.17, 15) is 0 Å². The lowest BCUT2D eigenvalue weighted by atomic mass is 9.98. The molecule has 0 radical (unpaired) electrons. The van der Waals surface area contributed by atoms with Gasteiger partial charge in [0, 0.05) is 4.90 Å². The summed E-state index contributed by atoms with van der Waals surface area (Å²) in [6, 6.07) is 15.2. The molecule has 0 aliphatic heterocycles. The van der Waals surface area contributed by atoms with E-state index in [0.717, 1.165) is 31.4 Å². The van der Waals surface area contributed by atoms with Crippen LogP contribution in [0.5, 0.6) is 5.75 Å². The SMILES string of the molecule is C/C=C\C=C/Cc1ccccc1CCCc1ccc(OC)cc1SC. The highest BCUT2D eigenvalue weighted by Crippen LogP contribution is 2.27. The molecular formula is C23H28OS. The summed E-state index contributed by atoms with van der Waals surface area (Å²) in [7, 11) is 1.72. The van der Waals surface area contributed by atoms with Gasteiger partial charge in [0.2, 0.25) is 0 Å². The predicted octanol–water partition coefficient (Wildman–Crippen LogP) is 6.27. The molecule has 0 aliphatic carbocycles. The van der Waals surface area contributed by atoms with Gasteiger partial charge >= 0.3 is 0 Å². The Labute approximate surface area is 156 Å². The largest absolute Gasteiger partial charge is 0.497 e. The minimum absolute atomic E-state index is 0.936. The van der Waals surface area contributed by atoms with Crippen LogP contribution in [0.1, 0.15) is 30.0 Å². The minimum Gasteiger partial charge on any atom is -0.497 e. The molecule has 132 valence electrons. The van der Waals surface area contributed by atoms with Gasteiger partial charge in [0.15, 0.2) is 0 Å². The van der Waals surface area contributed by atoms with Gasteiger partial charge in [-0.25, -0.2) is 0 Å². The highest BCUT2D eigenvalue weighted by atomic mass is 32.2. The van der Waals surface area contributed by atoms with Gasteiger partial charge in [-0.2, -0.15) is 0 Å². The van der Waals surface area contributed by atoms with Crippen LogP contribution in [0, 0.1) is 0 Å². The summed E-state index contributed by atoms with van der Waals surface area (Å²) in [5, 5.41) is 0. The van der Waals surface area contributed by atoms with Gasteiger partial charge < -0.3 is 4.74 Å². The van der Waals surface area contributed by atoms with Crippen LogP contribution in [0.15, 0.2) is 71.7 Å². The zero-order valence-corrected chi connectivity index (χ0v) is 16.3. The van der Waals surface area contributed by atoms with Gasteiger partial charge in [-0.3, -0.25) is 0 Å². The van der Waals surface area contributed by atoms with E-state index in [4.69, 9.17) is 4.74 Å². The first kappa shape index (κ1) is 19.4. The second kappa shape index (κ2) is 10.8. The van der Waals surface area contributed by atoms with E-state index in [1.165, 1.54) is 21.6 Å². The fraction of sp³-hybridized carbons (Fsp3) is 0.304. The monoisotopic (exact) mass is 352 g/mol. The molecule has 2 rings (SSSR count). The quantitative estimate of drug-likeness (QED) is 0.389. The number of thioether (sulfide) groups is 1. The fourth-order valence-electron chi connectivity index (χ4n) is 2.91. The Morgan fingerprint density at radius 1 is 0.960 bits per heavy atom. The summed E-state index contributed by atoms with van der Waals surface area (Å²) in [6.45, 7) is 2.04. The second-order valence-corrected chi connectivity index (χ2v) is 6.81. The number of ether oxygens (including phenoxy) is 1. The van der Waals surface area contributed by atoms with Gasteiger partial charge in [0.25, 0.3) is 0 Å². The van der Waals surface area contributed by atoms with Crippen molar-refractivity contribution in [1.29, 1.82) is 0 Å².